The molecule has 0 nitrogen and oxygen atoms in total. The van der Waals surface area contributed by atoms with Gasteiger partial charge in [0.05, 0.1) is 0 Å². The van der Waals surface area contributed by atoms with Gasteiger partial charge in [-0.3, -0.25) is 0 Å². The van der Waals surface area contributed by atoms with Crippen molar-refractivity contribution < 1.29 is 0 Å². The summed E-state index contributed by atoms with van der Waals surface area (Å²) in [5.41, 5.74) is 10.9. The van der Waals surface area contributed by atoms with Crippen molar-refractivity contribution in [2.75, 3.05) is 0 Å². The van der Waals surface area contributed by atoms with Crippen molar-refractivity contribution in [3.05, 3.63) is 58.1 Å². The van der Waals surface area contributed by atoms with Crippen LogP contribution < -0.4 is 0 Å². The first-order chi connectivity index (χ1) is 12.0. The van der Waals surface area contributed by atoms with Crippen LogP contribution in [0.25, 0.3) is 11.1 Å². The van der Waals surface area contributed by atoms with Crippen LogP contribution in [0.2, 0.25) is 0 Å². The summed E-state index contributed by atoms with van der Waals surface area (Å²) in [6.07, 6.45) is 2.31. The van der Waals surface area contributed by atoms with Crippen LogP contribution >= 0.6 is 0 Å². The molecule has 3 rings (SSSR count). The van der Waals surface area contributed by atoms with Crippen LogP contribution in [0.5, 0.6) is 0 Å². The minimum Gasteiger partial charge on any atom is -0.0642 e. The van der Waals surface area contributed by atoms with Gasteiger partial charge in [-0.05, 0) is 69.5 Å². The van der Waals surface area contributed by atoms with Crippen LogP contribution in [0.4, 0.5) is 0 Å². The van der Waals surface area contributed by atoms with Gasteiger partial charge in [-0.2, -0.15) is 0 Å². The van der Waals surface area contributed by atoms with E-state index in [9.17, 15) is 0 Å². The van der Waals surface area contributed by atoms with Gasteiger partial charge >= 0.3 is 0 Å². The summed E-state index contributed by atoms with van der Waals surface area (Å²) < 4.78 is 0. The minimum atomic E-state index is 0.151. The van der Waals surface area contributed by atoms with E-state index in [1.165, 1.54) is 27.8 Å². The molecule has 0 aliphatic heterocycles. The third kappa shape index (κ3) is 2.73. The average Bonchev–Trinajstić information content (AvgIpc) is 2.83. The van der Waals surface area contributed by atoms with Crippen LogP contribution in [-0.2, 0) is 16.2 Å². The zero-order valence-electron chi connectivity index (χ0n) is 18.3. The summed E-state index contributed by atoms with van der Waals surface area (Å²) in [6, 6.07) is 12.2. The van der Waals surface area contributed by atoms with Gasteiger partial charge in [0.2, 0.25) is 0 Å². The van der Waals surface area contributed by atoms with E-state index in [1.54, 1.807) is 11.1 Å². The van der Waals surface area contributed by atoms with E-state index >= 15 is 0 Å². The Hall–Kier alpha value is -1.56. The first-order valence-electron chi connectivity index (χ1n) is 10.3. The van der Waals surface area contributed by atoms with E-state index in [0.717, 1.165) is 12.8 Å². The van der Waals surface area contributed by atoms with Crippen LogP contribution in [-0.4, -0.2) is 0 Å². The van der Waals surface area contributed by atoms with E-state index in [1.807, 2.05) is 0 Å². The van der Waals surface area contributed by atoms with Crippen LogP contribution in [0, 0.1) is 6.92 Å². The molecular weight excluding hydrogens is 312 g/mol. The fourth-order valence-corrected chi connectivity index (χ4v) is 4.74. The second-order valence-electron chi connectivity index (χ2n) is 10.3. The molecule has 0 atom stereocenters. The number of aryl methyl sites for hydroxylation is 1. The van der Waals surface area contributed by atoms with Crippen molar-refractivity contribution in [3.63, 3.8) is 0 Å². The zero-order chi connectivity index (χ0) is 19.5. The van der Waals surface area contributed by atoms with Gasteiger partial charge in [-0.15, -0.1) is 0 Å². The smallest absolute Gasteiger partial charge is 0.0210 e. The molecule has 0 fully saturated rings. The zero-order valence-corrected chi connectivity index (χ0v) is 18.3. The van der Waals surface area contributed by atoms with Crippen molar-refractivity contribution in [2.24, 2.45) is 0 Å². The van der Waals surface area contributed by atoms with Gasteiger partial charge in [0, 0.05) is 5.41 Å². The standard InChI is InChI=1S/C26H36/c1-10-26(11-2)21-15-18(24(4,5)6)12-13-20(21)23-17(3)14-19(16-22(23)26)25(7,8)9/h12-16H,10-11H2,1-9H3. The maximum atomic E-state index is 2.52. The van der Waals surface area contributed by atoms with Gasteiger partial charge in [0.1, 0.15) is 0 Å². The third-order valence-electron chi connectivity index (χ3n) is 6.59. The quantitative estimate of drug-likeness (QED) is 0.522. The molecule has 0 saturated carbocycles. The Morgan fingerprint density at radius 3 is 1.77 bits per heavy atom. The average molecular weight is 349 g/mol. The highest BCUT2D eigenvalue weighted by atomic mass is 14.4. The predicted molar refractivity (Wildman–Crippen MR) is 115 cm³/mol. The Balaban J connectivity index is 2.36. The molecule has 2 aromatic carbocycles. The van der Waals surface area contributed by atoms with Crippen molar-refractivity contribution in [1.29, 1.82) is 0 Å². The molecule has 0 heteroatoms. The van der Waals surface area contributed by atoms with Gasteiger partial charge in [0.25, 0.3) is 0 Å². The van der Waals surface area contributed by atoms with Crippen LogP contribution in [0.15, 0.2) is 30.3 Å². The summed E-state index contributed by atoms with van der Waals surface area (Å²) in [7, 11) is 0. The SMILES string of the molecule is CCC1(CC)c2cc(C(C)(C)C)ccc2-c2c(C)cc(C(C)(C)C)cc21. The molecular formula is C26H36. The number of hydrogen-bond acceptors (Lipinski definition) is 0. The lowest BCUT2D eigenvalue weighted by Crippen LogP contribution is -2.25. The van der Waals surface area contributed by atoms with E-state index in [4.69, 9.17) is 0 Å². The number of rotatable bonds is 2. The Labute approximate surface area is 161 Å². The Morgan fingerprint density at radius 2 is 1.27 bits per heavy atom. The lowest BCUT2D eigenvalue weighted by Gasteiger charge is -2.32. The monoisotopic (exact) mass is 348 g/mol. The number of fused-ring (bicyclic) bond motifs is 3. The van der Waals surface area contributed by atoms with E-state index in [0.29, 0.717) is 0 Å². The second-order valence-corrected chi connectivity index (χ2v) is 10.3. The van der Waals surface area contributed by atoms with Crippen LogP contribution in [0.3, 0.4) is 0 Å². The van der Waals surface area contributed by atoms with Gasteiger partial charge in [-0.1, -0.05) is 85.7 Å². The molecule has 0 saturated heterocycles. The van der Waals surface area contributed by atoms with Crippen molar-refractivity contribution in [2.45, 2.75) is 91.4 Å². The molecule has 0 heterocycles. The Morgan fingerprint density at radius 1 is 0.731 bits per heavy atom. The molecule has 0 N–H and O–H groups in total. The molecule has 26 heavy (non-hydrogen) atoms. The topological polar surface area (TPSA) is 0 Å². The molecule has 1 aliphatic carbocycles. The Bertz CT molecular complexity index is 834. The van der Waals surface area contributed by atoms with E-state index in [-0.39, 0.29) is 16.2 Å². The van der Waals surface area contributed by atoms with Crippen LogP contribution in [0.1, 0.15) is 96.0 Å². The van der Waals surface area contributed by atoms with Crippen molar-refractivity contribution >= 4 is 0 Å². The largest absolute Gasteiger partial charge is 0.0642 e. The lowest BCUT2D eigenvalue weighted by atomic mass is 9.71. The molecule has 0 spiro atoms. The fraction of sp³-hybridized carbons (Fsp3) is 0.538. The summed E-state index contributed by atoms with van der Waals surface area (Å²) in [6.45, 7) is 21.0. The molecule has 2 aromatic rings. The molecule has 1 aliphatic rings. The second kappa shape index (κ2) is 5.98. The Kier molecular flexibility index (Phi) is 4.42. The molecule has 0 bridgehead atoms. The maximum Gasteiger partial charge on any atom is 0.0210 e. The normalized spacial score (nSPS) is 15.7. The maximum absolute atomic E-state index is 2.52. The highest BCUT2D eigenvalue weighted by Crippen LogP contribution is 2.55. The van der Waals surface area contributed by atoms with Crippen molar-refractivity contribution in [1.82, 2.24) is 0 Å². The van der Waals surface area contributed by atoms with Gasteiger partial charge in [-0.25, -0.2) is 0 Å². The summed E-state index contributed by atoms with van der Waals surface area (Å²) in [4.78, 5) is 0. The minimum absolute atomic E-state index is 0.151. The molecule has 0 unspecified atom stereocenters. The molecule has 0 amide bonds. The fourth-order valence-electron chi connectivity index (χ4n) is 4.74. The van der Waals surface area contributed by atoms with Gasteiger partial charge in [0.15, 0.2) is 0 Å². The predicted octanol–water partition coefficient (Wildman–Crippen LogP) is 7.68. The van der Waals surface area contributed by atoms with E-state index < -0.39 is 0 Å². The number of benzene rings is 2. The first-order valence-corrected chi connectivity index (χ1v) is 10.3. The first kappa shape index (κ1) is 19.2. The summed E-state index contributed by atoms with van der Waals surface area (Å²) in [5, 5.41) is 0. The lowest BCUT2D eigenvalue weighted by molar-refractivity contribution is 0.485. The highest BCUT2D eigenvalue weighted by molar-refractivity contribution is 5.84. The summed E-state index contributed by atoms with van der Waals surface area (Å²) in [5.74, 6) is 0. The summed E-state index contributed by atoms with van der Waals surface area (Å²) >= 11 is 0. The molecule has 140 valence electrons. The van der Waals surface area contributed by atoms with E-state index in [2.05, 4.69) is 92.6 Å². The number of hydrogen-bond donors (Lipinski definition) is 0. The third-order valence-corrected chi connectivity index (χ3v) is 6.59. The highest BCUT2D eigenvalue weighted by Gasteiger charge is 2.42. The molecule has 0 radical (unpaired) electrons. The van der Waals surface area contributed by atoms with Crippen molar-refractivity contribution in [3.8, 4) is 11.1 Å². The molecule has 0 aromatic heterocycles. The van der Waals surface area contributed by atoms with Gasteiger partial charge < -0.3 is 0 Å².